The third-order valence-corrected chi connectivity index (χ3v) is 1.32. The molecule has 11 heavy (non-hydrogen) atoms. The Balaban J connectivity index is 3.54. The Morgan fingerprint density at radius 3 is 2.55 bits per heavy atom. The smallest absolute Gasteiger partial charge is 0.236 e. The van der Waals surface area contributed by atoms with Crippen molar-refractivity contribution in [2.24, 2.45) is 5.73 Å². The first-order valence-electron chi connectivity index (χ1n) is 3.19. The lowest BCUT2D eigenvalue weighted by molar-refractivity contribution is -0.124. The Kier molecular flexibility index (Phi) is 4.81. The van der Waals surface area contributed by atoms with E-state index in [4.69, 9.17) is 17.3 Å². The van der Waals surface area contributed by atoms with Crippen molar-refractivity contribution in [1.29, 1.82) is 0 Å². The fourth-order valence-corrected chi connectivity index (χ4v) is 0.488. The van der Waals surface area contributed by atoms with Gasteiger partial charge in [-0.05, 0) is 6.92 Å². The minimum Gasteiger partial charge on any atom is -0.348 e. The van der Waals surface area contributed by atoms with E-state index >= 15 is 0 Å². The van der Waals surface area contributed by atoms with Crippen LogP contribution in [0.5, 0.6) is 0 Å². The zero-order valence-electron chi connectivity index (χ0n) is 6.26. The predicted octanol–water partition coefficient (Wildman–Crippen LogP) is -0.742. The van der Waals surface area contributed by atoms with E-state index < -0.39 is 6.04 Å². The van der Waals surface area contributed by atoms with E-state index in [2.05, 4.69) is 5.32 Å². The van der Waals surface area contributed by atoms with E-state index in [0.717, 1.165) is 0 Å². The summed E-state index contributed by atoms with van der Waals surface area (Å²) in [5, 5.41) is 2.33. The maximum atomic E-state index is 10.7. The molecule has 1 atom stereocenters. The van der Waals surface area contributed by atoms with Crippen LogP contribution in [0, 0.1) is 0 Å². The summed E-state index contributed by atoms with van der Waals surface area (Å²) in [5.74, 6) is -0.650. The van der Waals surface area contributed by atoms with Gasteiger partial charge in [-0.1, -0.05) is 0 Å². The van der Waals surface area contributed by atoms with Crippen LogP contribution in [-0.4, -0.2) is 30.2 Å². The molecule has 1 amide bonds. The van der Waals surface area contributed by atoms with E-state index in [1.54, 1.807) is 6.92 Å². The number of hydrogen-bond donors (Lipinski definition) is 2. The molecule has 0 fully saturated rings. The topological polar surface area (TPSA) is 72.2 Å². The van der Waals surface area contributed by atoms with Crippen LogP contribution in [-0.2, 0) is 9.59 Å². The van der Waals surface area contributed by atoms with Gasteiger partial charge < -0.3 is 11.1 Å². The largest absolute Gasteiger partial charge is 0.348 e. The quantitative estimate of drug-likeness (QED) is 0.557. The number of ketones is 1. The average molecular weight is 179 g/mol. The molecule has 0 rings (SSSR count). The van der Waals surface area contributed by atoms with Crippen molar-refractivity contribution in [3.8, 4) is 0 Å². The number of nitrogens with two attached hydrogens (primary N) is 1. The first-order valence-corrected chi connectivity index (χ1v) is 3.72. The molecule has 1 unspecified atom stereocenters. The van der Waals surface area contributed by atoms with Gasteiger partial charge in [-0.25, -0.2) is 0 Å². The predicted molar refractivity (Wildman–Crippen MR) is 42.4 cm³/mol. The van der Waals surface area contributed by atoms with Gasteiger partial charge in [-0.2, -0.15) is 0 Å². The molecule has 0 bridgehead atoms. The Morgan fingerprint density at radius 2 is 2.18 bits per heavy atom. The number of alkyl halides is 1. The van der Waals surface area contributed by atoms with E-state index in [1.165, 1.54) is 0 Å². The summed E-state index contributed by atoms with van der Waals surface area (Å²) in [6.07, 6.45) is 0. The zero-order chi connectivity index (χ0) is 8.85. The number of hydrogen-bond acceptors (Lipinski definition) is 3. The van der Waals surface area contributed by atoms with Crippen molar-refractivity contribution in [2.75, 3.05) is 12.4 Å². The second-order valence-corrected chi connectivity index (χ2v) is 2.45. The first kappa shape index (κ1) is 10.4. The van der Waals surface area contributed by atoms with E-state index in [0.29, 0.717) is 0 Å². The maximum absolute atomic E-state index is 10.7. The molecule has 3 N–H and O–H groups in total. The molecule has 0 aromatic rings. The van der Waals surface area contributed by atoms with Gasteiger partial charge in [-0.15, -0.1) is 11.6 Å². The monoisotopic (exact) mass is 178 g/mol. The number of carbonyl (C=O) groups excluding carboxylic acids is 2. The van der Waals surface area contributed by atoms with Gasteiger partial charge in [0, 0.05) is 0 Å². The highest BCUT2D eigenvalue weighted by Gasteiger charge is 2.07. The van der Waals surface area contributed by atoms with Crippen LogP contribution in [0.2, 0.25) is 0 Å². The van der Waals surface area contributed by atoms with Gasteiger partial charge in [0.05, 0.1) is 18.5 Å². The van der Waals surface area contributed by atoms with Crippen molar-refractivity contribution < 1.29 is 9.59 Å². The molecule has 0 aliphatic heterocycles. The number of nitrogens with one attached hydrogen (secondary N) is 1. The highest BCUT2D eigenvalue weighted by molar-refractivity contribution is 6.28. The number of halogens is 1. The molecule has 0 saturated heterocycles. The average Bonchev–Trinajstić information content (AvgIpc) is 1.99. The number of Topliss-reactive ketones (excluding diaryl/α,β-unsaturated/α-hetero) is 1. The normalized spacial score (nSPS) is 12.3. The highest BCUT2D eigenvalue weighted by Crippen LogP contribution is 1.78. The van der Waals surface area contributed by atoms with Crippen LogP contribution in [0.25, 0.3) is 0 Å². The summed E-state index contributed by atoms with van der Waals surface area (Å²) < 4.78 is 0. The molecule has 0 heterocycles. The fraction of sp³-hybridized carbons (Fsp3) is 0.667. The van der Waals surface area contributed by atoms with Gasteiger partial charge >= 0.3 is 0 Å². The summed E-state index contributed by atoms with van der Waals surface area (Å²) in [7, 11) is 0. The number of amides is 1. The minimum atomic E-state index is -0.585. The molecular weight excluding hydrogens is 168 g/mol. The summed E-state index contributed by atoms with van der Waals surface area (Å²) in [6.45, 7) is 1.50. The Labute approximate surface area is 70.1 Å². The fourth-order valence-electron chi connectivity index (χ4n) is 0.394. The summed E-state index contributed by atoms with van der Waals surface area (Å²) >= 11 is 5.18. The molecule has 0 aromatic carbocycles. The molecule has 0 spiro atoms. The Bertz CT molecular complexity index is 159. The number of carbonyl (C=O) groups is 2. The van der Waals surface area contributed by atoms with Gasteiger partial charge in [0.25, 0.3) is 0 Å². The third kappa shape index (κ3) is 4.75. The van der Waals surface area contributed by atoms with Gasteiger partial charge in [0.15, 0.2) is 5.78 Å². The molecule has 0 aliphatic rings. The van der Waals surface area contributed by atoms with Crippen molar-refractivity contribution >= 4 is 23.3 Å². The van der Waals surface area contributed by atoms with E-state index in [9.17, 15) is 9.59 Å². The van der Waals surface area contributed by atoms with Crippen molar-refractivity contribution in [2.45, 2.75) is 13.0 Å². The SMILES string of the molecule is CC(N)C(=O)NCC(=O)CCl. The van der Waals surface area contributed by atoms with Crippen LogP contribution in [0.4, 0.5) is 0 Å². The van der Waals surface area contributed by atoms with Crippen LogP contribution in [0.15, 0.2) is 0 Å². The second-order valence-electron chi connectivity index (χ2n) is 2.18. The Morgan fingerprint density at radius 1 is 1.64 bits per heavy atom. The zero-order valence-corrected chi connectivity index (χ0v) is 7.02. The van der Waals surface area contributed by atoms with Crippen LogP contribution in [0.1, 0.15) is 6.92 Å². The molecular formula is C6H11ClN2O2. The molecule has 64 valence electrons. The van der Waals surface area contributed by atoms with Crippen molar-refractivity contribution in [3.05, 3.63) is 0 Å². The van der Waals surface area contributed by atoms with E-state index in [1.807, 2.05) is 0 Å². The second kappa shape index (κ2) is 5.09. The van der Waals surface area contributed by atoms with Crippen LogP contribution in [0.3, 0.4) is 0 Å². The van der Waals surface area contributed by atoms with Gasteiger partial charge in [-0.3, -0.25) is 9.59 Å². The molecule has 0 aromatic heterocycles. The molecule has 4 nitrogen and oxygen atoms in total. The molecule has 0 saturated carbocycles. The van der Waals surface area contributed by atoms with Gasteiger partial charge in [0.1, 0.15) is 0 Å². The minimum absolute atomic E-state index is 0.0378. The lowest BCUT2D eigenvalue weighted by Crippen LogP contribution is -2.40. The molecule has 0 radical (unpaired) electrons. The summed E-state index contributed by atoms with van der Waals surface area (Å²) in [4.78, 5) is 21.3. The maximum Gasteiger partial charge on any atom is 0.236 e. The lowest BCUT2D eigenvalue weighted by Gasteiger charge is -2.04. The number of rotatable bonds is 4. The lowest BCUT2D eigenvalue weighted by atomic mass is 10.3. The summed E-state index contributed by atoms with van der Waals surface area (Å²) in [6, 6.07) is -0.585. The van der Waals surface area contributed by atoms with Crippen LogP contribution >= 0.6 is 11.6 Å². The third-order valence-electron chi connectivity index (χ3n) is 1.02. The standard InChI is InChI=1S/C6H11ClN2O2/c1-4(8)6(11)9-3-5(10)2-7/h4H,2-3,8H2,1H3,(H,9,11). The first-order chi connectivity index (χ1) is 5.07. The van der Waals surface area contributed by atoms with Gasteiger partial charge in [0.2, 0.25) is 5.91 Å². The molecule has 0 aliphatic carbocycles. The summed E-state index contributed by atoms with van der Waals surface area (Å²) in [5.41, 5.74) is 5.21. The Hall–Kier alpha value is -0.610. The van der Waals surface area contributed by atoms with Crippen molar-refractivity contribution in [3.63, 3.8) is 0 Å². The van der Waals surface area contributed by atoms with Crippen molar-refractivity contribution in [1.82, 2.24) is 5.32 Å². The van der Waals surface area contributed by atoms with E-state index in [-0.39, 0.29) is 24.1 Å². The molecule has 5 heteroatoms. The highest BCUT2D eigenvalue weighted by atomic mass is 35.5. The van der Waals surface area contributed by atoms with Crippen LogP contribution < -0.4 is 11.1 Å².